The molecule has 0 radical (unpaired) electrons. The lowest BCUT2D eigenvalue weighted by Gasteiger charge is -2.22. The van der Waals surface area contributed by atoms with Crippen LogP contribution in [0, 0.1) is 18.6 Å². The van der Waals surface area contributed by atoms with Crippen LogP contribution in [0.4, 0.5) is 14.5 Å². The van der Waals surface area contributed by atoms with E-state index in [9.17, 15) is 17.2 Å². The van der Waals surface area contributed by atoms with E-state index in [-0.39, 0.29) is 5.41 Å². The van der Waals surface area contributed by atoms with E-state index in [1.807, 2.05) is 27.7 Å². The first kappa shape index (κ1) is 17.4. The molecule has 0 aromatic heterocycles. The number of sulfonamides is 1. The number of aryl methyl sites for hydroxylation is 1. The number of benzene rings is 2. The van der Waals surface area contributed by atoms with Crippen molar-refractivity contribution in [3.05, 3.63) is 59.2 Å². The molecule has 2 aromatic rings. The summed E-state index contributed by atoms with van der Waals surface area (Å²) in [6, 6.07) is 7.43. The molecule has 0 aliphatic rings. The Kier molecular flexibility index (Phi) is 4.48. The standard InChI is InChI=1S/C17H19F2NO2S/c1-11-5-7-13(10-14(11)17(2,3)4)20-23(21,22)16-9-12(18)6-8-15(16)19/h5-10,20H,1-4H3. The zero-order valence-corrected chi connectivity index (χ0v) is 14.3. The minimum absolute atomic E-state index is 0.171. The molecule has 2 aromatic carbocycles. The summed E-state index contributed by atoms with van der Waals surface area (Å²) in [5.41, 5.74) is 2.13. The fraction of sp³-hybridized carbons (Fsp3) is 0.294. The lowest BCUT2D eigenvalue weighted by molar-refractivity contribution is 0.555. The van der Waals surface area contributed by atoms with Crippen molar-refractivity contribution in [2.24, 2.45) is 0 Å². The molecule has 0 fully saturated rings. The maximum atomic E-state index is 13.7. The predicted molar refractivity (Wildman–Crippen MR) is 87.0 cm³/mol. The van der Waals surface area contributed by atoms with Gasteiger partial charge >= 0.3 is 0 Å². The summed E-state index contributed by atoms with van der Waals surface area (Å²) >= 11 is 0. The van der Waals surface area contributed by atoms with E-state index in [0.29, 0.717) is 11.8 Å². The zero-order valence-electron chi connectivity index (χ0n) is 13.4. The molecular formula is C17H19F2NO2S. The summed E-state index contributed by atoms with van der Waals surface area (Å²) in [4.78, 5) is -0.713. The first-order valence-electron chi connectivity index (χ1n) is 7.10. The number of hydrogen-bond donors (Lipinski definition) is 1. The van der Waals surface area contributed by atoms with E-state index in [0.717, 1.165) is 23.3 Å². The molecule has 6 heteroatoms. The van der Waals surface area contributed by atoms with Crippen molar-refractivity contribution in [1.82, 2.24) is 0 Å². The Morgan fingerprint density at radius 3 is 2.26 bits per heavy atom. The molecule has 1 N–H and O–H groups in total. The molecule has 0 aliphatic heterocycles. The van der Waals surface area contributed by atoms with Gasteiger partial charge in [-0.25, -0.2) is 17.2 Å². The summed E-state index contributed by atoms with van der Waals surface area (Å²) in [7, 11) is -4.21. The van der Waals surface area contributed by atoms with Crippen LogP contribution >= 0.6 is 0 Å². The molecule has 0 spiro atoms. The van der Waals surface area contributed by atoms with E-state index in [1.165, 1.54) is 0 Å². The highest BCUT2D eigenvalue weighted by atomic mass is 32.2. The quantitative estimate of drug-likeness (QED) is 0.902. The van der Waals surface area contributed by atoms with Gasteiger partial charge in [-0.15, -0.1) is 0 Å². The maximum Gasteiger partial charge on any atom is 0.264 e. The molecule has 0 amide bonds. The first-order valence-corrected chi connectivity index (χ1v) is 8.58. The van der Waals surface area contributed by atoms with Crippen LogP contribution in [0.1, 0.15) is 31.9 Å². The highest BCUT2D eigenvalue weighted by Gasteiger charge is 2.22. The molecule has 2 rings (SSSR count). The van der Waals surface area contributed by atoms with Crippen molar-refractivity contribution in [1.29, 1.82) is 0 Å². The van der Waals surface area contributed by atoms with Crippen LogP contribution in [0.5, 0.6) is 0 Å². The monoisotopic (exact) mass is 339 g/mol. The van der Waals surface area contributed by atoms with Gasteiger partial charge in [-0.2, -0.15) is 0 Å². The third-order valence-electron chi connectivity index (χ3n) is 3.48. The topological polar surface area (TPSA) is 46.2 Å². The van der Waals surface area contributed by atoms with E-state index >= 15 is 0 Å². The Balaban J connectivity index is 2.44. The van der Waals surface area contributed by atoms with Crippen LogP contribution in [0.25, 0.3) is 0 Å². The molecule has 23 heavy (non-hydrogen) atoms. The van der Waals surface area contributed by atoms with E-state index in [4.69, 9.17) is 0 Å². The van der Waals surface area contributed by atoms with Gasteiger partial charge in [0.2, 0.25) is 0 Å². The molecule has 0 saturated heterocycles. The van der Waals surface area contributed by atoms with Gasteiger partial charge in [-0.3, -0.25) is 4.72 Å². The van der Waals surface area contributed by atoms with Crippen LogP contribution < -0.4 is 4.72 Å². The number of halogens is 2. The lowest BCUT2D eigenvalue weighted by Crippen LogP contribution is -2.17. The fourth-order valence-electron chi connectivity index (χ4n) is 2.39. The summed E-state index contributed by atoms with van der Waals surface area (Å²) in [6.07, 6.45) is 0. The second-order valence-electron chi connectivity index (χ2n) is 6.46. The molecule has 124 valence electrons. The highest BCUT2D eigenvalue weighted by Crippen LogP contribution is 2.29. The van der Waals surface area contributed by atoms with E-state index in [2.05, 4.69) is 4.72 Å². The Morgan fingerprint density at radius 2 is 1.65 bits per heavy atom. The summed E-state index contributed by atoms with van der Waals surface area (Å²) < 4.78 is 53.9. The van der Waals surface area contributed by atoms with Crippen LogP contribution in [0.15, 0.2) is 41.3 Å². The van der Waals surface area contributed by atoms with Crippen molar-refractivity contribution in [2.45, 2.75) is 38.0 Å². The molecule has 0 aliphatic carbocycles. The normalized spacial score (nSPS) is 12.3. The minimum atomic E-state index is -4.21. The first-order chi connectivity index (χ1) is 10.5. The molecule has 0 saturated carbocycles. The average Bonchev–Trinajstić information content (AvgIpc) is 2.42. The summed E-state index contributed by atoms with van der Waals surface area (Å²) in [5.74, 6) is -1.81. The van der Waals surface area contributed by atoms with E-state index in [1.54, 1.807) is 18.2 Å². The number of hydrogen-bond acceptors (Lipinski definition) is 2. The molecule has 0 atom stereocenters. The minimum Gasteiger partial charge on any atom is -0.280 e. The lowest BCUT2D eigenvalue weighted by atomic mass is 9.84. The van der Waals surface area contributed by atoms with Crippen LogP contribution in [-0.2, 0) is 15.4 Å². The largest absolute Gasteiger partial charge is 0.280 e. The van der Waals surface area contributed by atoms with Crippen molar-refractivity contribution < 1.29 is 17.2 Å². The average molecular weight is 339 g/mol. The van der Waals surface area contributed by atoms with Crippen LogP contribution in [0.3, 0.4) is 0 Å². The second-order valence-corrected chi connectivity index (χ2v) is 8.11. The predicted octanol–water partition coefficient (Wildman–Crippen LogP) is 4.37. The third kappa shape index (κ3) is 3.88. The SMILES string of the molecule is Cc1ccc(NS(=O)(=O)c2cc(F)ccc2F)cc1C(C)(C)C. The van der Waals surface area contributed by atoms with Gasteiger partial charge in [-0.05, 0) is 53.8 Å². The Morgan fingerprint density at radius 1 is 1.00 bits per heavy atom. The molecular weight excluding hydrogens is 320 g/mol. The van der Waals surface area contributed by atoms with E-state index < -0.39 is 26.6 Å². The van der Waals surface area contributed by atoms with Crippen LogP contribution in [0.2, 0.25) is 0 Å². The van der Waals surface area contributed by atoms with Gasteiger partial charge in [0.1, 0.15) is 16.5 Å². The molecule has 3 nitrogen and oxygen atoms in total. The van der Waals surface area contributed by atoms with Gasteiger partial charge in [0.15, 0.2) is 0 Å². The fourth-order valence-corrected chi connectivity index (χ4v) is 3.53. The molecule has 0 unspecified atom stereocenters. The van der Waals surface area contributed by atoms with Gasteiger partial charge in [0.25, 0.3) is 10.0 Å². The number of nitrogens with one attached hydrogen (secondary N) is 1. The van der Waals surface area contributed by atoms with Crippen molar-refractivity contribution in [2.75, 3.05) is 4.72 Å². The Labute approximate surface area is 135 Å². The Hall–Kier alpha value is -1.95. The zero-order chi connectivity index (χ0) is 17.4. The summed E-state index contributed by atoms with van der Waals surface area (Å²) in [6.45, 7) is 7.98. The number of anilines is 1. The van der Waals surface area contributed by atoms with Crippen molar-refractivity contribution in [3.63, 3.8) is 0 Å². The maximum absolute atomic E-state index is 13.7. The molecule has 0 heterocycles. The van der Waals surface area contributed by atoms with Crippen molar-refractivity contribution in [3.8, 4) is 0 Å². The smallest absolute Gasteiger partial charge is 0.264 e. The van der Waals surface area contributed by atoms with Crippen molar-refractivity contribution >= 4 is 15.7 Å². The van der Waals surface area contributed by atoms with Gasteiger partial charge in [0.05, 0.1) is 0 Å². The van der Waals surface area contributed by atoms with Crippen LogP contribution in [-0.4, -0.2) is 8.42 Å². The van der Waals surface area contributed by atoms with Gasteiger partial charge in [0, 0.05) is 5.69 Å². The van der Waals surface area contributed by atoms with Gasteiger partial charge < -0.3 is 0 Å². The van der Waals surface area contributed by atoms with Gasteiger partial charge in [-0.1, -0.05) is 26.8 Å². The molecule has 0 bridgehead atoms. The summed E-state index contributed by atoms with van der Waals surface area (Å²) in [5, 5.41) is 0. The number of rotatable bonds is 3. The second kappa shape index (κ2) is 5.92. The highest BCUT2D eigenvalue weighted by molar-refractivity contribution is 7.92. The Bertz CT molecular complexity index is 840. The third-order valence-corrected chi connectivity index (χ3v) is 4.88.